The molecule has 28 heavy (non-hydrogen) atoms. The van der Waals surface area contributed by atoms with Gasteiger partial charge in [0, 0.05) is 24.8 Å². The second-order valence-electron chi connectivity index (χ2n) is 10.0. The summed E-state index contributed by atoms with van der Waals surface area (Å²) in [6, 6.07) is 0. The van der Waals surface area contributed by atoms with E-state index < -0.39 is 23.0 Å². The van der Waals surface area contributed by atoms with Crippen molar-refractivity contribution < 1.29 is 33.7 Å². The van der Waals surface area contributed by atoms with E-state index in [0.29, 0.717) is 24.7 Å². The van der Waals surface area contributed by atoms with E-state index in [2.05, 4.69) is 6.58 Å². The van der Waals surface area contributed by atoms with Gasteiger partial charge in [0.05, 0.1) is 16.7 Å². The van der Waals surface area contributed by atoms with Crippen LogP contribution in [-0.4, -0.2) is 34.6 Å². The number of rotatable bonds is 2. The maximum Gasteiger partial charge on any atom is 0.333 e. The molecule has 8 unspecified atom stereocenters. The third kappa shape index (κ3) is 2.06. The van der Waals surface area contributed by atoms with Crippen LogP contribution in [0.1, 0.15) is 52.4 Å². The highest BCUT2D eigenvalue weighted by Gasteiger charge is 2.74. The maximum atomic E-state index is 11.9. The zero-order chi connectivity index (χ0) is 20.1. The molecule has 4 aliphatic carbocycles. The molecule has 0 aromatic carbocycles. The van der Waals surface area contributed by atoms with E-state index in [9.17, 15) is 19.5 Å². The molecule has 8 atom stereocenters. The van der Waals surface area contributed by atoms with E-state index >= 15 is 0 Å². The van der Waals surface area contributed by atoms with Crippen molar-refractivity contribution in [3.63, 3.8) is 0 Å². The summed E-state index contributed by atoms with van der Waals surface area (Å²) in [6.45, 7) is 7.21. The third-order valence-electron chi connectivity index (χ3n) is 8.24. The lowest BCUT2D eigenvalue weighted by Crippen LogP contribution is -2.41. The minimum Gasteiger partial charge on any atom is -0.432 e. The molecule has 6 fully saturated rings. The van der Waals surface area contributed by atoms with Crippen molar-refractivity contribution in [1.29, 1.82) is 0 Å². The summed E-state index contributed by atoms with van der Waals surface area (Å²) in [5, 5.41) is 9.92. The van der Waals surface area contributed by atoms with Gasteiger partial charge in [-0.3, -0.25) is 9.59 Å². The van der Waals surface area contributed by atoms with Crippen LogP contribution in [0.5, 0.6) is 0 Å². The average Bonchev–Trinajstić information content (AvgIpc) is 3.34. The SMILES string of the molecule is C=CC(=O)OC12CC3CC1C(C)(C3)C(=O)O2.CC12CC3CC1C(O)(C3)OC2=O. The summed E-state index contributed by atoms with van der Waals surface area (Å²) in [5.74, 6) is -1.93. The van der Waals surface area contributed by atoms with Crippen LogP contribution in [-0.2, 0) is 28.6 Å². The lowest BCUT2D eigenvalue weighted by molar-refractivity contribution is -0.219. The molecule has 0 spiro atoms. The van der Waals surface area contributed by atoms with E-state index in [1.165, 1.54) is 0 Å². The van der Waals surface area contributed by atoms with Gasteiger partial charge >= 0.3 is 17.9 Å². The van der Waals surface area contributed by atoms with Crippen LogP contribution >= 0.6 is 0 Å². The fourth-order valence-electron chi connectivity index (χ4n) is 7.17. The summed E-state index contributed by atoms with van der Waals surface area (Å²) in [6.07, 6.45) is 6.11. The van der Waals surface area contributed by atoms with Gasteiger partial charge in [-0.1, -0.05) is 6.58 Å². The Morgan fingerprint density at radius 2 is 1.61 bits per heavy atom. The standard InChI is InChI=1S/C12H14O4.C9H12O3/c1-3-9(13)15-12-6-7-4-8(12)11(2,5-7)10(14)16-12;1-8-3-5-2-6(8)9(11,4-5)12-7(8)10/h3,7-8H,1,4-6H2,2H3;5-6,11H,2-4H2,1H3. The summed E-state index contributed by atoms with van der Waals surface area (Å²) in [5.41, 5.74) is -0.804. The van der Waals surface area contributed by atoms with E-state index in [4.69, 9.17) is 14.2 Å². The normalized spacial score (nSPS) is 53.5. The lowest BCUT2D eigenvalue weighted by atomic mass is 9.74. The van der Waals surface area contributed by atoms with Gasteiger partial charge in [0.2, 0.25) is 5.79 Å². The number of fused-ring (bicyclic) bond motifs is 2. The van der Waals surface area contributed by atoms with Crippen LogP contribution in [0.3, 0.4) is 0 Å². The molecule has 2 heterocycles. The lowest BCUT2D eigenvalue weighted by Gasteiger charge is -2.32. The largest absolute Gasteiger partial charge is 0.432 e. The predicted octanol–water partition coefficient (Wildman–Crippen LogP) is 2.07. The Kier molecular flexibility index (Phi) is 3.36. The van der Waals surface area contributed by atoms with Gasteiger partial charge in [-0.2, -0.15) is 0 Å². The molecule has 7 heteroatoms. The Labute approximate surface area is 163 Å². The van der Waals surface area contributed by atoms with Gasteiger partial charge in [0.15, 0.2) is 0 Å². The molecule has 2 saturated heterocycles. The van der Waals surface area contributed by atoms with Crippen molar-refractivity contribution in [1.82, 2.24) is 0 Å². The second-order valence-corrected chi connectivity index (χ2v) is 10.0. The monoisotopic (exact) mass is 390 g/mol. The molecule has 6 rings (SSSR count). The van der Waals surface area contributed by atoms with Gasteiger partial charge in [-0.05, 0) is 51.4 Å². The van der Waals surface area contributed by atoms with Crippen molar-refractivity contribution >= 4 is 17.9 Å². The van der Waals surface area contributed by atoms with Crippen LogP contribution in [0.2, 0.25) is 0 Å². The molecular weight excluding hydrogens is 364 g/mol. The molecular formula is C21H26O7. The van der Waals surface area contributed by atoms with Crippen LogP contribution in [0.15, 0.2) is 12.7 Å². The van der Waals surface area contributed by atoms with E-state index in [-0.39, 0.29) is 29.2 Å². The molecule has 0 aromatic heterocycles. The number of esters is 3. The number of ether oxygens (including phenoxy) is 3. The topological polar surface area (TPSA) is 99.1 Å². The molecule has 0 amide bonds. The maximum absolute atomic E-state index is 11.9. The van der Waals surface area contributed by atoms with Crippen LogP contribution < -0.4 is 0 Å². The summed E-state index contributed by atoms with van der Waals surface area (Å²) >= 11 is 0. The van der Waals surface area contributed by atoms with Crippen molar-refractivity contribution in [2.45, 2.75) is 63.9 Å². The van der Waals surface area contributed by atoms with Gasteiger partial charge in [-0.15, -0.1) is 0 Å². The molecule has 7 nitrogen and oxygen atoms in total. The molecule has 2 aliphatic heterocycles. The van der Waals surface area contributed by atoms with E-state index in [0.717, 1.165) is 31.8 Å². The van der Waals surface area contributed by atoms with E-state index in [1.807, 2.05) is 13.8 Å². The van der Waals surface area contributed by atoms with Gasteiger partial charge in [0.1, 0.15) is 0 Å². The second kappa shape index (κ2) is 5.17. The van der Waals surface area contributed by atoms with Gasteiger partial charge in [0.25, 0.3) is 5.79 Å². The Hall–Kier alpha value is -1.89. The smallest absolute Gasteiger partial charge is 0.333 e. The number of carbonyl (C=O) groups is 3. The molecule has 4 saturated carbocycles. The molecule has 4 bridgehead atoms. The van der Waals surface area contributed by atoms with E-state index in [1.54, 1.807) is 0 Å². The van der Waals surface area contributed by atoms with Crippen LogP contribution in [0.25, 0.3) is 0 Å². The average molecular weight is 390 g/mol. The predicted molar refractivity (Wildman–Crippen MR) is 94.0 cm³/mol. The number of carbonyl (C=O) groups excluding carboxylic acids is 3. The number of hydrogen-bond acceptors (Lipinski definition) is 7. The van der Waals surface area contributed by atoms with Gasteiger partial charge < -0.3 is 19.3 Å². The number of aliphatic hydroxyl groups is 1. The summed E-state index contributed by atoms with van der Waals surface area (Å²) in [4.78, 5) is 34.6. The summed E-state index contributed by atoms with van der Waals surface area (Å²) < 4.78 is 15.7. The fourth-order valence-corrected chi connectivity index (χ4v) is 7.17. The van der Waals surface area contributed by atoms with Gasteiger partial charge in [-0.25, -0.2) is 4.79 Å². The first kappa shape index (κ1) is 18.2. The minimum atomic E-state index is -1.09. The zero-order valence-electron chi connectivity index (χ0n) is 16.2. The van der Waals surface area contributed by atoms with Crippen molar-refractivity contribution in [2.75, 3.05) is 0 Å². The van der Waals surface area contributed by atoms with Crippen molar-refractivity contribution in [3.05, 3.63) is 12.7 Å². The minimum absolute atomic E-state index is 0.0291. The first-order valence-corrected chi connectivity index (χ1v) is 10.1. The molecule has 152 valence electrons. The van der Waals surface area contributed by atoms with Crippen LogP contribution in [0, 0.1) is 34.5 Å². The Bertz CT molecular complexity index is 807. The zero-order valence-corrected chi connectivity index (χ0v) is 16.2. The Morgan fingerprint density at radius 3 is 2.14 bits per heavy atom. The highest BCUT2D eigenvalue weighted by molar-refractivity contribution is 5.84. The fraction of sp³-hybridized carbons (Fsp3) is 0.762. The molecule has 1 N–H and O–H groups in total. The summed E-state index contributed by atoms with van der Waals surface area (Å²) in [7, 11) is 0. The first-order chi connectivity index (χ1) is 13.0. The molecule has 0 aromatic rings. The first-order valence-electron chi connectivity index (χ1n) is 10.1. The number of hydrogen-bond donors (Lipinski definition) is 1. The highest BCUT2D eigenvalue weighted by atomic mass is 16.7. The van der Waals surface area contributed by atoms with Crippen LogP contribution in [0.4, 0.5) is 0 Å². The van der Waals surface area contributed by atoms with Crippen molar-refractivity contribution in [2.24, 2.45) is 34.5 Å². The highest BCUT2D eigenvalue weighted by Crippen LogP contribution is 2.67. The molecule has 6 aliphatic rings. The third-order valence-corrected chi connectivity index (χ3v) is 8.24. The van der Waals surface area contributed by atoms with Crippen molar-refractivity contribution in [3.8, 4) is 0 Å². The Morgan fingerprint density at radius 1 is 1.04 bits per heavy atom. The molecule has 0 radical (unpaired) electrons. The Balaban J connectivity index is 0.000000127. The quantitative estimate of drug-likeness (QED) is 0.569.